The number of hydrogen-bond acceptors (Lipinski definition) is 4. The van der Waals surface area contributed by atoms with Crippen molar-refractivity contribution in [2.45, 2.75) is 50.1 Å². The molecular weight excluding hydrogens is 428 g/mol. The van der Waals surface area contributed by atoms with Gasteiger partial charge in [-0.2, -0.15) is 0 Å². The van der Waals surface area contributed by atoms with Gasteiger partial charge in [-0.05, 0) is 43.4 Å². The zero-order valence-electron chi connectivity index (χ0n) is 19.6. The van der Waals surface area contributed by atoms with Crippen LogP contribution >= 0.6 is 0 Å². The summed E-state index contributed by atoms with van der Waals surface area (Å²) >= 11 is 0. The number of aliphatic imine (C=N–C) groups is 1. The predicted molar refractivity (Wildman–Crippen MR) is 135 cm³/mol. The molecule has 0 aromatic heterocycles. The van der Waals surface area contributed by atoms with E-state index in [9.17, 15) is 9.59 Å². The van der Waals surface area contributed by atoms with E-state index in [0.717, 1.165) is 36.9 Å². The molecule has 3 rings (SSSR count). The van der Waals surface area contributed by atoms with E-state index >= 15 is 0 Å². The maximum Gasteiger partial charge on any atom is 0.242 e. The predicted octanol–water partition coefficient (Wildman–Crippen LogP) is 1.62. The maximum atomic E-state index is 13.5. The molecule has 2 unspecified atom stereocenters. The largest absolute Gasteiger partial charge is 0.370 e. The van der Waals surface area contributed by atoms with E-state index < -0.39 is 12.0 Å². The summed E-state index contributed by atoms with van der Waals surface area (Å²) in [5.41, 5.74) is 12.6. The average molecular weight is 465 g/mol. The van der Waals surface area contributed by atoms with E-state index in [1.165, 1.54) is 0 Å². The van der Waals surface area contributed by atoms with Gasteiger partial charge < -0.3 is 27.4 Å². The van der Waals surface area contributed by atoms with Crippen LogP contribution in [-0.2, 0) is 9.59 Å². The minimum Gasteiger partial charge on any atom is -0.370 e. The van der Waals surface area contributed by atoms with Gasteiger partial charge in [0.2, 0.25) is 11.8 Å². The Balaban J connectivity index is 1.72. The van der Waals surface area contributed by atoms with Crippen molar-refractivity contribution in [3.05, 3.63) is 71.8 Å². The molecule has 34 heavy (non-hydrogen) atoms. The molecule has 1 saturated heterocycles. The molecule has 0 spiro atoms. The van der Waals surface area contributed by atoms with Gasteiger partial charge in [0.25, 0.3) is 0 Å². The minimum atomic E-state index is -0.680. The van der Waals surface area contributed by atoms with Crippen molar-refractivity contribution in [3.8, 4) is 0 Å². The zero-order chi connectivity index (χ0) is 24.2. The van der Waals surface area contributed by atoms with Crippen molar-refractivity contribution >= 4 is 17.8 Å². The monoisotopic (exact) mass is 464 g/mol. The third kappa shape index (κ3) is 7.88. The van der Waals surface area contributed by atoms with Crippen LogP contribution in [0.3, 0.4) is 0 Å². The molecule has 0 aliphatic carbocycles. The highest BCUT2D eigenvalue weighted by atomic mass is 16.2. The van der Waals surface area contributed by atoms with Gasteiger partial charge in [0.15, 0.2) is 5.96 Å². The molecule has 182 valence electrons. The highest BCUT2D eigenvalue weighted by Gasteiger charge is 2.28. The molecule has 1 heterocycles. The number of rotatable bonds is 11. The summed E-state index contributed by atoms with van der Waals surface area (Å²) in [7, 11) is 0. The Hall–Kier alpha value is -3.39. The van der Waals surface area contributed by atoms with Gasteiger partial charge in [0.1, 0.15) is 6.04 Å². The van der Waals surface area contributed by atoms with Crippen molar-refractivity contribution < 1.29 is 9.59 Å². The van der Waals surface area contributed by atoms with Crippen molar-refractivity contribution in [1.29, 1.82) is 0 Å². The smallest absolute Gasteiger partial charge is 0.242 e. The van der Waals surface area contributed by atoms with Crippen LogP contribution in [0.5, 0.6) is 0 Å². The van der Waals surface area contributed by atoms with E-state index in [0.29, 0.717) is 25.9 Å². The lowest BCUT2D eigenvalue weighted by molar-refractivity contribution is -0.129. The van der Waals surface area contributed by atoms with E-state index in [1.807, 2.05) is 60.7 Å². The maximum absolute atomic E-state index is 13.5. The quantitative estimate of drug-likeness (QED) is 0.196. The second kappa shape index (κ2) is 13.3. The lowest BCUT2D eigenvalue weighted by Gasteiger charge is -2.26. The number of nitrogens with two attached hydrogens (primary N) is 2. The fourth-order valence-electron chi connectivity index (χ4n) is 4.26. The summed E-state index contributed by atoms with van der Waals surface area (Å²) in [6.45, 7) is 1.90. The fourth-order valence-corrected chi connectivity index (χ4v) is 4.26. The Kier molecular flexibility index (Phi) is 9.91. The van der Waals surface area contributed by atoms with Crippen LogP contribution in [0.15, 0.2) is 65.7 Å². The molecule has 2 aromatic carbocycles. The van der Waals surface area contributed by atoms with Gasteiger partial charge in [0.05, 0.1) is 5.92 Å². The van der Waals surface area contributed by atoms with Gasteiger partial charge in [-0.3, -0.25) is 14.6 Å². The number of piperidine rings is 1. The van der Waals surface area contributed by atoms with Crippen LogP contribution in [0.25, 0.3) is 0 Å². The summed E-state index contributed by atoms with van der Waals surface area (Å²) in [5, 5.41) is 9.46. The number of amides is 2. The van der Waals surface area contributed by atoms with Crippen molar-refractivity contribution in [3.63, 3.8) is 0 Å². The third-order valence-corrected chi connectivity index (χ3v) is 6.04. The first-order valence-electron chi connectivity index (χ1n) is 12.0. The molecule has 8 heteroatoms. The molecule has 2 amide bonds. The SMILES string of the molecule is NC(N)=NCCCC(NC(=O)C(c1ccccc1)c1ccccc1)C(=O)NCC1CCCCN1. The van der Waals surface area contributed by atoms with Gasteiger partial charge in [-0.15, -0.1) is 0 Å². The van der Waals surface area contributed by atoms with Crippen LogP contribution in [-0.4, -0.2) is 49.5 Å². The number of guanidine groups is 1. The van der Waals surface area contributed by atoms with Crippen LogP contribution in [0.1, 0.15) is 49.1 Å². The van der Waals surface area contributed by atoms with Crippen LogP contribution in [0.4, 0.5) is 0 Å². The average Bonchev–Trinajstić information content (AvgIpc) is 2.86. The molecular formula is C26H36N6O2. The Morgan fingerprint density at radius 1 is 0.971 bits per heavy atom. The highest BCUT2D eigenvalue weighted by molar-refractivity contribution is 5.92. The molecule has 2 aromatic rings. The lowest BCUT2D eigenvalue weighted by Crippen LogP contribution is -2.51. The third-order valence-electron chi connectivity index (χ3n) is 6.04. The normalized spacial score (nSPS) is 16.4. The highest BCUT2D eigenvalue weighted by Crippen LogP contribution is 2.25. The summed E-state index contributed by atoms with van der Waals surface area (Å²) in [5.74, 6) is -0.905. The summed E-state index contributed by atoms with van der Waals surface area (Å²) in [6.07, 6.45) is 4.35. The van der Waals surface area contributed by atoms with E-state index in [4.69, 9.17) is 11.5 Å². The number of hydrogen-bond donors (Lipinski definition) is 5. The topological polar surface area (TPSA) is 135 Å². The molecule has 0 saturated carbocycles. The second-order valence-corrected chi connectivity index (χ2v) is 8.66. The van der Waals surface area contributed by atoms with E-state index in [-0.39, 0.29) is 23.8 Å². The molecule has 2 atom stereocenters. The first-order valence-corrected chi connectivity index (χ1v) is 12.0. The number of nitrogens with zero attached hydrogens (tertiary/aromatic N) is 1. The number of carbonyl (C=O) groups excluding carboxylic acids is 2. The van der Waals surface area contributed by atoms with Gasteiger partial charge in [-0.25, -0.2) is 0 Å². The fraction of sp³-hybridized carbons (Fsp3) is 0.423. The molecule has 0 radical (unpaired) electrons. The lowest BCUT2D eigenvalue weighted by atomic mass is 9.90. The first-order chi connectivity index (χ1) is 16.5. The Bertz CT molecular complexity index is 885. The van der Waals surface area contributed by atoms with Crippen LogP contribution < -0.4 is 27.4 Å². The summed E-state index contributed by atoms with van der Waals surface area (Å²) < 4.78 is 0. The van der Waals surface area contributed by atoms with Crippen LogP contribution in [0, 0.1) is 0 Å². The van der Waals surface area contributed by atoms with Crippen LogP contribution in [0.2, 0.25) is 0 Å². The van der Waals surface area contributed by atoms with Gasteiger partial charge in [-0.1, -0.05) is 67.1 Å². The molecule has 7 N–H and O–H groups in total. The number of carbonyl (C=O) groups is 2. The zero-order valence-corrected chi connectivity index (χ0v) is 19.6. The van der Waals surface area contributed by atoms with E-state index in [2.05, 4.69) is 20.9 Å². The Labute approximate surface area is 201 Å². The Morgan fingerprint density at radius 3 is 2.18 bits per heavy atom. The number of nitrogens with one attached hydrogen (secondary N) is 3. The molecule has 1 aliphatic rings. The van der Waals surface area contributed by atoms with Crippen molar-refractivity contribution in [2.75, 3.05) is 19.6 Å². The molecule has 1 aliphatic heterocycles. The van der Waals surface area contributed by atoms with Gasteiger partial charge >= 0.3 is 0 Å². The standard InChI is InChI=1S/C26H36N6O2/c27-26(28)30-17-9-15-22(24(33)31-18-21-14-7-8-16-29-21)32-25(34)23(19-10-3-1-4-11-19)20-12-5-2-6-13-20/h1-6,10-13,21-23,29H,7-9,14-18H2,(H,31,33)(H,32,34)(H4,27,28,30). The molecule has 1 fully saturated rings. The van der Waals surface area contributed by atoms with Crippen molar-refractivity contribution in [1.82, 2.24) is 16.0 Å². The number of benzene rings is 2. The first kappa shape index (κ1) is 25.2. The minimum absolute atomic E-state index is 0.0154. The summed E-state index contributed by atoms with van der Waals surface area (Å²) in [6, 6.07) is 18.8. The molecule has 8 nitrogen and oxygen atoms in total. The van der Waals surface area contributed by atoms with E-state index in [1.54, 1.807) is 0 Å². The molecule has 0 bridgehead atoms. The Morgan fingerprint density at radius 2 is 1.62 bits per heavy atom. The van der Waals surface area contributed by atoms with Crippen molar-refractivity contribution in [2.24, 2.45) is 16.5 Å². The second-order valence-electron chi connectivity index (χ2n) is 8.66. The summed E-state index contributed by atoms with van der Waals surface area (Å²) in [4.78, 5) is 30.6. The van der Waals surface area contributed by atoms with Gasteiger partial charge in [0, 0.05) is 19.1 Å².